The van der Waals surface area contributed by atoms with Gasteiger partial charge in [0.1, 0.15) is 5.75 Å². The van der Waals surface area contributed by atoms with Gasteiger partial charge in [-0.15, -0.1) is 16.8 Å². The van der Waals surface area contributed by atoms with Crippen LogP contribution in [0, 0.1) is 0 Å². The van der Waals surface area contributed by atoms with Gasteiger partial charge in [0.25, 0.3) is 0 Å². The van der Waals surface area contributed by atoms with Gasteiger partial charge in [0, 0.05) is 22.0 Å². The fraction of sp³-hybridized carbons (Fsp3) is 0.111. The average molecular weight is 358 g/mol. The number of hydrogen-bond acceptors (Lipinski definition) is 4. The molecule has 4 nitrogen and oxygen atoms in total. The highest BCUT2D eigenvalue weighted by molar-refractivity contribution is 7.99. The fourth-order valence-electron chi connectivity index (χ4n) is 2.25. The van der Waals surface area contributed by atoms with Crippen molar-refractivity contribution >= 4 is 23.4 Å². The molecule has 1 aromatic heterocycles. The molecule has 0 fully saturated rings. The monoisotopic (exact) mass is 357 g/mol. The van der Waals surface area contributed by atoms with E-state index in [1.165, 1.54) is 0 Å². The third kappa shape index (κ3) is 3.47. The zero-order valence-corrected chi connectivity index (χ0v) is 14.7. The SMILES string of the molecule is C=CCSc1nnc(-c2ccc(Cl)cc2)n1-c1ccc(OC)cc1. The highest BCUT2D eigenvalue weighted by atomic mass is 35.5. The first-order valence-electron chi connectivity index (χ1n) is 7.32. The van der Waals surface area contributed by atoms with Crippen molar-refractivity contribution in [2.45, 2.75) is 5.16 Å². The van der Waals surface area contributed by atoms with Gasteiger partial charge in [-0.25, -0.2) is 0 Å². The van der Waals surface area contributed by atoms with Crippen LogP contribution < -0.4 is 4.74 Å². The summed E-state index contributed by atoms with van der Waals surface area (Å²) in [7, 11) is 1.65. The molecule has 0 aliphatic heterocycles. The smallest absolute Gasteiger partial charge is 0.196 e. The summed E-state index contributed by atoms with van der Waals surface area (Å²) in [6.07, 6.45) is 1.85. The molecule has 2 aromatic carbocycles. The molecular formula is C18H16ClN3OS. The lowest BCUT2D eigenvalue weighted by atomic mass is 10.2. The van der Waals surface area contributed by atoms with E-state index in [-0.39, 0.29) is 0 Å². The Bertz CT molecular complexity index is 828. The van der Waals surface area contributed by atoms with Crippen LogP contribution in [0.3, 0.4) is 0 Å². The van der Waals surface area contributed by atoms with Gasteiger partial charge >= 0.3 is 0 Å². The summed E-state index contributed by atoms with van der Waals surface area (Å²) in [5.74, 6) is 2.33. The van der Waals surface area contributed by atoms with Crippen molar-refractivity contribution in [3.8, 4) is 22.8 Å². The Balaban J connectivity index is 2.09. The first kappa shape index (κ1) is 16.6. The molecule has 0 spiro atoms. The Kier molecular flexibility index (Phi) is 5.23. The number of thioether (sulfide) groups is 1. The molecule has 6 heteroatoms. The number of methoxy groups -OCH3 is 1. The van der Waals surface area contributed by atoms with Crippen molar-refractivity contribution in [3.05, 3.63) is 66.2 Å². The molecule has 0 bridgehead atoms. The van der Waals surface area contributed by atoms with E-state index in [2.05, 4.69) is 16.8 Å². The van der Waals surface area contributed by atoms with Crippen LogP contribution in [-0.2, 0) is 0 Å². The van der Waals surface area contributed by atoms with Crippen molar-refractivity contribution in [3.63, 3.8) is 0 Å². The van der Waals surface area contributed by atoms with E-state index in [1.807, 2.05) is 59.2 Å². The van der Waals surface area contributed by atoms with Crippen molar-refractivity contribution in [1.29, 1.82) is 0 Å². The topological polar surface area (TPSA) is 39.9 Å². The quantitative estimate of drug-likeness (QED) is 0.466. The predicted molar refractivity (Wildman–Crippen MR) is 99.3 cm³/mol. The van der Waals surface area contributed by atoms with Gasteiger partial charge in [-0.1, -0.05) is 29.4 Å². The average Bonchev–Trinajstić information content (AvgIpc) is 3.04. The molecule has 0 amide bonds. The second kappa shape index (κ2) is 7.55. The minimum Gasteiger partial charge on any atom is -0.497 e. The molecule has 0 atom stereocenters. The van der Waals surface area contributed by atoms with Crippen LogP contribution in [0.1, 0.15) is 0 Å². The Morgan fingerprint density at radius 3 is 2.46 bits per heavy atom. The third-order valence-electron chi connectivity index (χ3n) is 3.40. The van der Waals surface area contributed by atoms with E-state index in [0.717, 1.165) is 33.7 Å². The minimum absolute atomic E-state index is 0.690. The van der Waals surface area contributed by atoms with Crippen molar-refractivity contribution in [2.75, 3.05) is 12.9 Å². The van der Waals surface area contributed by atoms with Crippen molar-refractivity contribution in [2.24, 2.45) is 0 Å². The maximum absolute atomic E-state index is 5.99. The van der Waals surface area contributed by atoms with E-state index in [1.54, 1.807) is 18.9 Å². The molecule has 0 radical (unpaired) electrons. The molecular weight excluding hydrogens is 342 g/mol. The second-order valence-electron chi connectivity index (χ2n) is 4.95. The van der Waals surface area contributed by atoms with E-state index >= 15 is 0 Å². The number of nitrogens with zero attached hydrogens (tertiary/aromatic N) is 3. The van der Waals surface area contributed by atoms with Crippen LogP contribution in [-0.4, -0.2) is 27.6 Å². The summed E-state index contributed by atoms with van der Waals surface area (Å²) in [5, 5.41) is 10.2. The van der Waals surface area contributed by atoms with Gasteiger partial charge in [-0.2, -0.15) is 0 Å². The molecule has 0 aliphatic carbocycles. The zero-order valence-electron chi connectivity index (χ0n) is 13.1. The minimum atomic E-state index is 0.690. The van der Waals surface area contributed by atoms with Crippen LogP contribution in [0.4, 0.5) is 0 Å². The zero-order chi connectivity index (χ0) is 16.9. The summed E-state index contributed by atoms with van der Waals surface area (Å²) in [6.45, 7) is 3.77. The van der Waals surface area contributed by atoms with E-state index in [9.17, 15) is 0 Å². The molecule has 0 saturated heterocycles. The molecule has 3 aromatic rings. The number of rotatable bonds is 6. The summed E-state index contributed by atoms with van der Waals surface area (Å²) in [6, 6.07) is 15.4. The summed E-state index contributed by atoms with van der Waals surface area (Å²) in [4.78, 5) is 0. The summed E-state index contributed by atoms with van der Waals surface area (Å²) in [5.41, 5.74) is 1.92. The molecule has 1 heterocycles. The third-order valence-corrected chi connectivity index (χ3v) is 4.57. The number of ether oxygens (including phenoxy) is 1. The Labute approximate surface area is 150 Å². The largest absolute Gasteiger partial charge is 0.497 e. The van der Waals surface area contributed by atoms with Crippen molar-refractivity contribution < 1.29 is 4.74 Å². The predicted octanol–water partition coefficient (Wildman–Crippen LogP) is 4.87. The van der Waals surface area contributed by atoms with Gasteiger partial charge < -0.3 is 4.74 Å². The van der Waals surface area contributed by atoms with E-state index in [4.69, 9.17) is 16.3 Å². The normalized spacial score (nSPS) is 10.6. The number of aromatic nitrogens is 3. The first-order valence-corrected chi connectivity index (χ1v) is 8.68. The highest BCUT2D eigenvalue weighted by Crippen LogP contribution is 2.29. The molecule has 0 N–H and O–H groups in total. The molecule has 3 rings (SSSR count). The van der Waals surface area contributed by atoms with Crippen LogP contribution in [0.2, 0.25) is 5.02 Å². The standard InChI is InChI=1S/C18H16ClN3OS/c1-3-12-24-18-21-20-17(13-4-6-14(19)7-5-13)22(18)15-8-10-16(23-2)11-9-15/h3-11H,1,12H2,2H3. The van der Waals surface area contributed by atoms with Gasteiger partial charge in [0.2, 0.25) is 0 Å². The summed E-state index contributed by atoms with van der Waals surface area (Å²) < 4.78 is 7.26. The lowest BCUT2D eigenvalue weighted by Gasteiger charge is -2.11. The Morgan fingerprint density at radius 2 is 1.83 bits per heavy atom. The highest BCUT2D eigenvalue weighted by Gasteiger charge is 2.15. The van der Waals surface area contributed by atoms with Crippen LogP contribution in [0.25, 0.3) is 17.1 Å². The lowest BCUT2D eigenvalue weighted by molar-refractivity contribution is 0.414. The first-order chi connectivity index (χ1) is 11.7. The maximum Gasteiger partial charge on any atom is 0.196 e. The van der Waals surface area contributed by atoms with Gasteiger partial charge in [0.15, 0.2) is 11.0 Å². The maximum atomic E-state index is 5.99. The molecule has 24 heavy (non-hydrogen) atoms. The van der Waals surface area contributed by atoms with Crippen LogP contribution in [0.5, 0.6) is 5.75 Å². The van der Waals surface area contributed by atoms with Gasteiger partial charge in [0.05, 0.1) is 7.11 Å². The number of halogens is 1. The summed E-state index contributed by atoms with van der Waals surface area (Å²) >= 11 is 7.58. The molecule has 0 unspecified atom stereocenters. The Morgan fingerprint density at radius 1 is 1.12 bits per heavy atom. The molecule has 0 aliphatic rings. The van der Waals surface area contributed by atoms with Gasteiger partial charge in [-0.3, -0.25) is 4.57 Å². The van der Waals surface area contributed by atoms with Crippen LogP contribution in [0.15, 0.2) is 66.3 Å². The fourth-order valence-corrected chi connectivity index (χ4v) is 3.06. The van der Waals surface area contributed by atoms with E-state index in [0.29, 0.717) is 5.02 Å². The Hall–Kier alpha value is -2.24. The van der Waals surface area contributed by atoms with Crippen LogP contribution >= 0.6 is 23.4 Å². The molecule has 122 valence electrons. The van der Waals surface area contributed by atoms with Crippen molar-refractivity contribution in [1.82, 2.24) is 14.8 Å². The second-order valence-corrected chi connectivity index (χ2v) is 6.37. The number of benzene rings is 2. The number of hydrogen-bond donors (Lipinski definition) is 0. The van der Waals surface area contributed by atoms with E-state index < -0.39 is 0 Å². The van der Waals surface area contributed by atoms with Gasteiger partial charge in [-0.05, 0) is 48.5 Å². The molecule has 0 saturated carbocycles. The lowest BCUT2D eigenvalue weighted by Crippen LogP contribution is -2.00.